The Balaban J connectivity index is 1.33. The Morgan fingerprint density at radius 2 is 1.39 bits per heavy atom. The molecule has 11 heteroatoms. The molecule has 3 amide bonds. The molecule has 4 aromatic rings. The van der Waals surface area contributed by atoms with Crippen LogP contribution in [0.25, 0.3) is 0 Å². The third kappa shape index (κ3) is 12.2. The smallest absolute Gasteiger partial charge is 0.323 e. The molecule has 0 atom stereocenters. The highest BCUT2D eigenvalue weighted by molar-refractivity contribution is 6.01. The number of benzene rings is 4. The highest BCUT2D eigenvalue weighted by atomic mass is 16.5. The van der Waals surface area contributed by atoms with Gasteiger partial charge in [-0.1, -0.05) is 54.6 Å². The Bertz CT molecular complexity index is 1680. The first-order chi connectivity index (χ1) is 23.8. The van der Waals surface area contributed by atoms with Crippen molar-refractivity contribution in [1.82, 2.24) is 0 Å². The molecule has 3 N–H and O–H groups in total. The van der Waals surface area contributed by atoms with Crippen LogP contribution in [0.1, 0.15) is 36.0 Å². The van der Waals surface area contributed by atoms with Crippen LogP contribution in [-0.4, -0.2) is 51.9 Å². The molecule has 0 aliphatic rings. The number of carbonyl (C=O) groups is 3. The van der Waals surface area contributed by atoms with Gasteiger partial charge in [-0.15, -0.1) is 0 Å². The molecule has 0 saturated heterocycles. The molecule has 4 rings (SSSR count). The molecule has 258 valence electrons. The van der Waals surface area contributed by atoms with E-state index in [4.69, 9.17) is 23.7 Å². The van der Waals surface area contributed by atoms with Crippen molar-refractivity contribution in [1.29, 1.82) is 0 Å². The van der Waals surface area contributed by atoms with Gasteiger partial charge in [-0.25, -0.2) is 4.79 Å². The Hall–Kier alpha value is -5.55. The van der Waals surface area contributed by atoms with Gasteiger partial charge in [0.05, 0.1) is 52.8 Å². The van der Waals surface area contributed by atoms with Gasteiger partial charge in [0.15, 0.2) is 11.5 Å². The lowest BCUT2D eigenvalue weighted by Crippen LogP contribution is -2.20. The summed E-state index contributed by atoms with van der Waals surface area (Å²) in [4.78, 5) is 37.2. The van der Waals surface area contributed by atoms with Crippen LogP contribution in [0.4, 0.5) is 21.9 Å². The van der Waals surface area contributed by atoms with E-state index in [2.05, 4.69) is 16.0 Å². The number of ether oxygens (including phenoxy) is 5. The van der Waals surface area contributed by atoms with Crippen LogP contribution in [0.15, 0.2) is 91.0 Å². The Morgan fingerprint density at radius 3 is 2.16 bits per heavy atom. The third-order valence-electron chi connectivity index (χ3n) is 7.31. The number of esters is 1. The summed E-state index contributed by atoms with van der Waals surface area (Å²) in [6, 6.07) is 27.3. The molecule has 0 saturated carbocycles. The zero-order valence-electron chi connectivity index (χ0n) is 28.1. The number of rotatable bonds is 18. The Labute approximate surface area is 286 Å². The number of nitrogens with one attached hydrogen (secondary N) is 3. The van der Waals surface area contributed by atoms with E-state index >= 15 is 0 Å². The maximum Gasteiger partial charge on any atom is 0.323 e. The summed E-state index contributed by atoms with van der Waals surface area (Å²) < 4.78 is 27.9. The first-order valence-corrected chi connectivity index (χ1v) is 16.0. The van der Waals surface area contributed by atoms with Crippen molar-refractivity contribution >= 4 is 35.0 Å². The largest absolute Gasteiger partial charge is 0.495 e. The standard InChI is InChI=1S/C38H43N3O8/c1-27-11-7-8-14-31(27)40-38(44)41-32-18-16-29(23-34(32)45-2)24-36(42)39-30-17-19-33(35(25-30)49-21-9-15-37(43)46-3)48-22-10-20-47-26-28-12-5-4-6-13-28/h4-8,11-14,16-19,23,25H,9-10,15,20-22,24,26H2,1-3H3,(H,39,42)(H2,40,41,44). The first-order valence-electron chi connectivity index (χ1n) is 16.0. The normalized spacial score (nSPS) is 10.5. The molecule has 0 radical (unpaired) electrons. The minimum atomic E-state index is -0.412. The number of carbonyl (C=O) groups excluding carboxylic acids is 3. The molecule has 0 unspecified atom stereocenters. The molecule has 0 spiro atoms. The molecule has 0 aliphatic heterocycles. The number of amides is 3. The summed E-state index contributed by atoms with van der Waals surface area (Å²) in [6.45, 7) is 3.63. The molecule has 49 heavy (non-hydrogen) atoms. The average molecular weight is 670 g/mol. The molecule has 11 nitrogen and oxygen atoms in total. The summed E-state index contributed by atoms with van der Waals surface area (Å²) in [5, 5.41) is 8.53. The fourth-order valence-corrected chi connectivity index (χ4v) is 4.75. The monoisotopic (exact) mass is 669 g/mol. The third-order valence-corrected chi connectivity index (χ3v) is 7.31. The lowest BCUT2D eigenvalue weighted by atomic mass is 10.1. The molecular weight excluding hydrogens is 626 g/mol. The van der Waals surface area contributed by atoms with Crippen LogP contribution >= 0.6 is 0 Å². The molecular formula is C38H43N3O8. The second-order valence-corrected chi connectivity index (χ2v) is 11.1. The summed E-state index contributed by atoms with van der Waals surface area (Å²) >= 11 is 0. The number of aryl methyl sites for hydroxylation is 1. The highest BCUT2D eigenvalue weighted by Crippen LogP contribution is 2.32. The summed E-state index contributed by atoms with van der Waals surface area (Å²) in [6.07, 6.45) is 1.40. The van der Waals surface area contributed by atoms with Crippen molar-refractivity contribution in [3.63, 3.8) is 0 Å². The van der Waals surface area contributed by atoms with Crippen molar-refractivity contribution in [2.45, 2.75) is 39.2 Å². The average Bonchev–Trinajstić information content (AvgIpc) is 3.10. The maximum absolute atomic E-state index is 13.0. The molecule has 0 fully saturated rings. The van der Waals surface area contributed by atoms with Gasteiger partial charge in [0.1, 0.15) is 5.75 Å². The zero-order valence-corrected chi connectivity index (χ0v) is 28.1. The van der Waals surface area contributed by atoms with Gasteiger partial charge in [-0.2, -0.15) is 0 Å². The van der Waals surface area contributed by atoms with Gasteiger partial charge >= 0.3 is 12.0 Å². The van der Waals surface area contributed by atoms with E-state index in [0.717, 1.165) is 11.1 Å². The van der Waals surface area contributed by atoms with Crippen molar-refractivity contribution in [2.75, 3.05) is 50.0 Å². The SMILES string of the molecule is COC(=O)CCCOc1cc(NC(=O)Cc2ccc(NC(=O)Nc3ccccc3C)c(OC)c2)ccc1OCCCOCc1ccccc1. The Morgan fingerprint density at radius 1 is 0.653 bits per heavy atom. The van der Waals surface area contributed by atoms with Crippen molar-refractivity contribution in [2.24, 2.45) is 0 Å². The second kappa shape index (κ2) is 19.3. The predicted octanol–water partition coefficient (Wildman–Crippen LogP) is 7.15. The van der Waals surface area contributed by atoms with E-state index in [1.165, 1.54) is 14.2 Å². The summed E-state index contributed by atoms with van der Waals surface area (Å²) in [5.74, 6) is 0.788. The van der Waals surface area contributed by atoms with Crippen LogP contribution in [0.2, 0.25) is 0 Å². The van der Waals surface area contributed by atoms with Gasteiger partial charge in [0, 0.05) is 30.3 Å². The number of urea groups is 1. The molecule has 4 aromatic carbocycles. The van der Waals surface area contributed by atoms with Crippen molar-refractivity contribution in [3.05, 3.63) is 108 Å². The highest BCUT2D eigenvalue weighted by Gasteiger charge is 2.14. The fourth-order valence-electron chi connectivity index (χ4n) is 4.75. The number of para-hydroxylation sites is 1. The fraction of sp³-hybridized carbons (Fsp3) is 0.289. The van der Waals surface area contributed by atoms with Crippen molar-refractivity contribution in [3.8, 4) is 17.2 Å². The van der Waals surface area contributed by atoms with Crippen LogP contribution < -0.4 is 30.2 Å². The van der Waals surface area contributed by atoms with E-state index in [9.17, 15) is 14.4 Å². The number of hydrogen-bond donors (Lipinski definition) is 3. The van der Waals surface area contributed by atoms with Gasteiger partial charge in [-0.3, -0.25) is 9.59 Å². The minimum absolute atomic E-state index is 0.0581. The predicted molar refractivity (Wildman–Crippen MR) is 189 cm³/mol. The van der Waals surface area contributed by atoms with E-state index in [1.54, 1.807) is 36.4 Å². The second-order valence-electron chi connectivity index (χ2n) is 11.1. The van der Waals surface area contributed by atoms with Gasteiger partial charge in [-0.05, 0) is 60.4 Å². The number of methoxy groups -OCH3 is 2. The number of anilines is 3. The molecule has 0 aliphatic carbocycles. The molecule has 0 heterocycles. The molecule has 0 bridgehead atoms. The van der Waals surface area contributed by atoms with E-state index < -0.39 is 6.03 Å². The Kier molecular flexibility index (Phi) is 14.3. The lowest BCUT2D eigenvalue weighted by molar-refractivity contribution is -0.140. The van der Waals surface area contributed by atoms with Gasteiger partial charge in [0.2, 0.25) is 5.91 Å². The first kappa shape index (κ1) is 36.3. The lowest BCUT2D eigenvalue weighted by Gasteiger charge is -2.15. The van der Waals surface area contributed by atoms with Crippen molar-refractivity contribution < 1.29 is 38.1 Å². The summed E-state index contributed by atoms with van der Waals surface area (Å²) in [5.41, 5.74) is 4.41. The van der Waals surface area contributed by atoms with E-state index in [0.29, 0.717) is 72.5 Å². The minimum Gasteiger partial charge on any atom is -0.495 e. The quantitative estimate of drug-likeness (QED) is 0.0752. The van der Waals surface area contributed by atoms with Crippen LogP contribution in [0, 0.1) is 6.92 Å². The van der Waals surface area contributed by atoms with E-state index in [-0.39, 0.29) is 31.3 Å². The topological polar surface area (TPSA) is 133 Å². The number of hydrogen-bond acceptors (Lipinski definition) is 8. The van der Waals surface area contributed by atoms with Crippen LogP contribution in [-0.2, 0) is 32.1 Å². The van der Waals surface area contributed by atoms with Crippen LogP contribution in [0.3, 0.4) is 0 Å². The van der Waals surface area contributed by atoms with E-state index in [1.807, 2.05) is 61.5 Å². The summed E-state index contributed by atoms with van der Waals surface area (Å²) in [7, 11) is 2.84. The molecule has 0 aromatic heterocycles. The zero-order chi connectivity index (χ0) is 34.8. The van der Waals surface area contributed by atoms with Gasteiger partial charge < -0.3 is 39.6 Å². The van der Waals surface area contributed by atoms with Crippen LogP contribution in [0.5, 0.6) is 17.2 Å². The maximum atomic E-state index is 13.0. The van der Waals surface area contributed by atoms with Gasteiger partial charge in [0.25, 0.3) is 0 Å².